The Kier molecular flexibility index (Phi) is 8.84. The number of anilines is 2. The molecule has 3 N–H and O–H groups in total. The lowest BCUT2D eigenvalue weighted by atomic mass is 10.1. The largest absolute Gasteiger partial charge is 0.435 e. The minimum atomic E-state index is -0.424. The summed E-state index contributed by atoms with van der Waals surface area (Å²) in [5.41, 5.74) is 2.80. The summed E-state index contributed by atoms with van der Waals surface area (Å²) >= 11 is 0. The molecule has 0 radical (unpaired) electrons. The Morgan fingerprint density at radius 1 is 1.14 bits per heavy atom. The van der Waals surface area contributed by atoms with E-state index in [2.05, 4.69) is 37.8 Å². The summed E-state index contributed by atoms with van der Waals surface area (Å²) in [6.45, 7) is 6.78. The van der Waals surface area contributed by atoms with Crippen molar-refractivity contribution < 1.29 is 9.13 Å². The van der Waals surface area contributed by atoms with Gasteiger partial charge in [-0.3, -0.25) is 0 Å². The van der Waals surface area contributed by atoms with E-state index in [0.29, 0.717) is 34.7 Å². The average Bonchev–Trinajstić information content (AvgIpc) is 2.87. The van der Waals surface area contributed by atoms with Gasteiger partial charge in [0.1, 0.15) is 0 Å². The second kappa shape index (κ2) is 12.4. The fourth-order valence-electron chi connectivity index (χ4n) is 4.25. The first kappa shape index (κ1) is 24.9. The molecule has 1 unspecified atom stereocenters. The van der Waals surface area contributed by atoms with Gasteiger partial charge in [-0.25, -0.2) is 19.3 Å². The molecule has 0 bridgehead atoms. The van der Waals surface area contributed by atoms with E-state index in [1.54, 1.807) is 12.4 Å². The topological polar surface area (TPSA) is 84.0 Å². The normalized spacial score (nSPS) is 15.6. The Labute approximate surface area is 207 Å². The predicted octanol–water partition coefficient (Wildman–Crippen LogP) is 5.93. The highest BCUT2D eigenvalue weighted by atomic mass is 19.1. The van der Waals surface area contributed by atoms with Gasteiger partial charge in [-0.2, -0.15) is 0 Å². The summed E-state index contributed by atoms with van der Waals surface area (Å²) < 4.78 is 21.1. The van der Waals surface area contributed by atoms with Crippen molar-refractivity contribution in [2.24, 2.45) is 0 Å². The quantitative estimate of drug-likeness (QED) is 0.294. The number of halogens is 1. The van der Waals surface area contributed by atoms with Crippen molar-refractivity contribution in [3.05, 3.63) is 54.1 Å². The maximum absolute atomic E-state index is 15.1. The Morgan fingerprint density at radius 3 is 2.86 bits per heavy atom. The van der Waals surface area contributed by atoms with Crippen LogP contribution in [-0.2, 0) is 0 Å². The molecule has 2 aromatic heterocycles. The predicted molar refractivity (Wildman–Crippen MR) is 139 cm³/mol. The SMILES string of the molecule is CCCCCCNc1cc(C)c(Oc2ncccc2-c2ccnc(NC3CCCNC3)n2)c(F)c1. The molecule has 3 heterocycles. The molecule has 4 rings (SSSR count). The summed E-state index contributed by atoms with van der Waals surface area (Å²) in [7, 11) is 0. The molecule has 1 aliphatic heterocycles. The van der Waals surface area contributed by atoms with Crippen LogP contribution < -0.4 is 20.7 Å². The van der Waals surface area contributed by atoms with E-state index in [1.165, 1.54) is 25.3 Å². The number of unbranched alkanes of at least 4 members (excludes halogenated alkanes) is 3. The van der Waals surface area contributed by atoms with Crippen molar-refractivity contribution in [1.29, 1.82) is 0 Å². The van der Waals surface area contributed by atoms with E-state index >= 15 is 4.39 Å². The van der Waals surface area contributed by atoms with Crippen LogP contribution in [-0.4, -0.2) is 40.6 Å². The van der Waals surface area contributed by atoms with Crippen LogP contribution in [0.4, 0.5) is 16.0 Å². The number of benzene rings is 1. The Hall–Kier alpha value is -3.26. The molecule has 0 spiro atoms. The molecular weight excluding hydrogens is 443 g/mol. The van der Waals surface area contributed by atoms with E-state index in [1.807, 2.05) is 31.2 Å². The van der Waals surface area contributed by atoms with Crippen LogP contribution in [0.25, 0.3) is 11.3 Å². The van der Waals surface area contributed by atoms with Crippen LogP contribution >= 0.6 is 0 Å². The number of aromatic nitrogens is 3. The molecule has 3 aromatic rings. The molecule has 35 heavy (non-hydrogen) atoms. The molecule has 7 nitrogen and oxygen atoms in total. The van der Waals surface area contributed by atoms with E-state index in [0.717, 1.165) is 44.6 Å². The number of aryl methyl sites for hydroxylation is 1. The minimum absolute atomic E-state index is 0.169. The summed E-state index contributed by atoms with van der Waals surface area (Å²) in [4.78, 5) is 13.4. The van der Waals surface area contributed by atoms with Crippen LogP contribution in [0.1, 0.15) is 51.0 Å². The molecule has 186 valence electrons. The van der Waals surface area contributed by atoms with Crippen molar-refractivity contribution >= 4 is 11.6 Å². The highest BCUT2D eigenvalue weighted by Crippen LogP contribution is 2.35. The zero-order chi connectivity index (χ0) is 24.5. The summed E-state index contributed by atoms with van der Waals surface area (Å²) in [6.07, 6.45) is 10.2. The zero-order valence-electron chi connectivity index (χ0n) is 20.6. The second-order valence-electron chi connectivity index (χ2n) is 9.00. The van der Waals surface area contributed by atoms with Crippen molar-refractivity contribution in [2.75, 3.05) is 30.3 Å². The van der Waals surface area contributed by atoms with E-state index in [4.69, 9.17) is 4.74 Å². The maximum atomic E-state index is 15.1. The fourth-order valence-corrected chi connectivity index (χ4v) is 4.25. The molecule has 1 fully saturated rings. The van der Waals surface area contributed by atoms with Gasteiger partial charge in [0.2, 0.25) is 11.8 Å². The smallest absolute Gasteiger partial charge is 0.228 e. The molecule has 0 aliphatic carbocycles. The van der Waals surface area contributed by atoms with Gasteiger partial charge in [0, 0.05) is 43.3 Å². The molecular formula is C27H35FN6O. The molecule has 8 heteroatoms. The molecule has 1 aliphatic rings. The Balaban J connectivity index is 1.49. The summed E-state index contributed by atoms with van der Waals surface area (Å²) in [5, 5.41) is 10.1. The second-order valence-corrected chi connectivity index (χ2v) is 9.00. The molecule has 0 saturated carbocycles. The summed E-state index contributed by atoms with van der Waals surface area (Å²) in [6, 6.07) is 9.18. The van der Waals surface area contributed by atoms with E-state index in [9.17, 15) is 0 Å². The van der Waals surface area contributed by atoms with Gasteiger partial charge in [0.25, 0.3) is 0 Å². The van der Waals surface area contributed by atoms with Crippen molar-refractivity contribution in [1.82, 2.24) is 20.3 Å². The number of hydrogen-bond donors (Lipinski definition) is 3. The third-order valence-corrected chi connectivity index (χ3v) is 6.12. The highest BCUT2D eigenvalue weighted by molar-refractivity contribution is 5.66. The van der Waals surface area contributed by atoms with Crippen LogP contribution in [0.15, 0.2) is 42.7 Å². The third-order valence-electron chi connectivity index (χ3n) is 6.12. The number of ether oxygens (including phenoxy) is 1. The van der Waals surface area contributed by atoms with Gasteiger partial charge < -0.3 is 20.7 Å². The van der Waals surface area contributed by atoms with E-state index in [-0.39, 0.29) is 5.75 Å². The lowest BCUT2D eigenvalue weighted by molar-refractivity contribution is 0.425. The number of nitrogens with zero attached hydrogens (tertiary/aromatic N) is 3. The number of nitrogens with one attached hydrogen (secondary N) is 3. The molecule has 1 atom stereocenters. The van der Waals surface area contributed by atoms with Gasteiger partial charge in [0.15, 0.2) is 11.6 Å². The number of hydrogen-bond acceptors (Lipinski definition) is 7. The van der Waals surface area contributed by atoms with Crippen LogP contribution in [0.3, 0.4) is 0 Å². The Morgan fingerprint density at radius 2 is 2.06 bits per heavy atom. The van der Waals surface area contributed by atoms with E-state index < -0.39 is 5.82 Å². The molecule has 1 saturated heterocycles. The van der Waals surface area contributed by atoms with Crippen molar-refractivity contribution in [3.8, 4) is 22.9 Å². The average molecular weight is 479 g/mol. The van der Waals surface area contributed by atoms with Crippen LogP contribution in [0, 0.1) is 12.7 Å². The first-order valence-electron chi connectivity index (χ1n) is 12.6. The number of rotatable bonds is 11. The Bertz CT molecular complexity index is 1080. The lowest BCUT2D eigenvalue weighted by Crippen LogP contribution is -2.38. The molecule has 1 aromatic carbocycles. The van der Waals surface area contributed by atoms with Gasteiger partial charge in [-0.15, -0.1) is 0 Å². The maximum Gasteiger partial charge on any atom is 0.228 e. The van der Waals surface area contributed by atoms with Gasteiger partial charge in [-0.05, 0) is 62.6 Å². The first-order valence-corrected chi connectivity index (χ1v) is 12.6. The van der Waals surface area contributed by atoms with Crippen LogP contribution in [0.2, 0.25) is 0 Å². The first-order chi connectivity index (χ1) is 17.1. The fraction of sp³-hybridized carbons (Fsp3) is 0.444. The monoisotopic (exact) mass is 478 g/mol. The minimum Gasteiger partial charge on any atom is -0.435 e. The van der Waals surface area contributed by atoms with Crippen molar-refractivity contribution in [2.45, 2.75) is 58.4 Å². The van der Waals surface area contributed by atoms with Gasteiger partial charge >= 0.3 is 0 Å². The van der Waals surface area contributed by atoms with Gasteiger partial charge in [0.05, 0.1) is 11.3 Å². The lowest BCUT2D eigenvalue weighted by Gasteiger charge is -2.23. The van der Waals surface area contributed by atoms with Gasteiger partial charge in [-0.1, -0.05) is 26.2 Å². The molecule has 0 amide bonds. The number of piperidine rings is 1. The summed E-state index contributed by atoms with van der Waals surface area (Å²) in [5.74, 6) is 0.608. The zero-order valence-corrected chi connectivity index (χ0v) is 20.6. The van der Waals surface area contributed by atoms with Crippen molar-refractivity contribution in [3.63, 3.8) is 0 Å². The third kappa shape index (κ3) is 6.88. The standard InChI is InChI=1S/C27H35FN6O/c1-3-4-5-6-13-30-21-16-19(2)25(23(28)17-21)35-26-22(10-8-14-31-26)24-11-15-32-27(34-24)33-20-9-7-12-29-18-20/h8,10-11,14-17,20,29-30H,3-7,9,12-13,18H2,1-2H3,(H,32,33,34). The highest BCUT2D eigenvalue weighted by Gasteiger charge is 2.17. The van der Waals surface area contributed by atoms with Crippen LogP contribution in [0.5, 0.6) is 11.6 Å². The number of pyridine rings is 1.